The van der Waals surface area contributed by atoms with Crippen molar-refractivity contribution < 1.29 is 19.1 Å². The van der Waals surface area contributed by atoms with Crippen molar-refractivity contribution in [1.29, 1.82) is 0 Å². The minimum absolute atomic E-state index is 0.123. The first kappa shape index (κ1) is 15.5. The first-order chi connectivity index (χ1) is 9.38. The number of primary amides is 1. The summed E-state index contributed by atoms with van der Waals surface area (Å²) < 4.78 is 4.88. The van der Waals surface area contributed by atoms with E-state index in [4.69, 9.17) is 16.2 Å². The molecule has 0 aliphatic heterocycles. The molecular formula is C13H17N3O4. The predicted octanol–water partition coefficient (Wildman–Crippen LogP) is 0.328. The summed E-state index contributed by atoms with van der Waals surface area (Å²) in [5.41, 5.74) is 11.9. The van der Waals surface area contributed by atoms with Crippen molar-refractivity contribution in [3.8, 4) is 0 Å². The predicted molar refractivity (Wildman–Crippen MR) is 72.5 cm³/mol. The lowest BCUT2D eigenvalue weighted by Gasteiger charge is -2.11. The smallest absolute Gasteiger partial charge is 0.318 e. The molecule has 1 unspecified atom stereocenters. The van der Waals surface area contributed by atoms with Gasteiger partial charge in [-0.25, -0.2) is 4.79 Å². The third-order valence-electron chi connectivity index (χ3n) is 2.52. The van der Waals surface area contributed by atoms with Gasteiger partial charge in [-0.3, -0.25) is 14.9 Å². The zero-order chi connectivity index (χ0) is 15.1. The van der Waals surface area contributed by atoms with Crippen LogP contribution in [0, 0.1) is 0 Å². The third kappa shape index (κ3) is 5.38. The standard InChI is InChI=1S/C13H17N3O4/c1-8(12(18)16-13(15)19)20-11(17)7-4-9-2-5-10(14)6-3-9/h2-3,5-6,8H,4,7,14H2,1H3,(H3,15,16,18,19). The van der Waals surface area contributed by atoms with Gasteiger partial charge >= 0.3 is 12.0 Å². The summed E-state index contributed by atoms with van der Waals surface area (Å²) in [6.45, 7) is 1.36. The Morgan fingerprint density at radius 3 is 2.40 bits per heavy atom. The fourth-order valence-electron chi connectivity index (χ4n) is 1.46. The van der Waals surface area contributed by atoms with Gasteiger partial charge in [0.25, 0.3) is 5.91 Å². The number of nitrogens with one attached hydrogen (secondary N) is 1. The lowest BCUT2D eigenvalue weighted by atomic mass is 10.1. The molecule has 0 fully saturated rings. The summed E-state index contributed by atoms with van der Waals surface area (Å²) in [4.78, 5) is 33.3. The average molecular weight is 279 g/mol. The van der Waals surface area contributed by atoms with E-state index in [0.29, 0.717) is 12.1 Å². The molecule has 1 aromatic carbocycles. The van der Waals surface area contributed by atoms with Gasteiger partial charge in [-0.05, 0) is 31.0 Å². The third-order valence-corrected chi connectivity index (χ3v) is 2.52. The van der Waals surface area contributed by atoms with E-state index in [1.54, 1.807) is 12.1 Å². The van der Waals surface area contributed by atoms with Crippen molar-refractivity contribution in [2.24, 2.45) is 5.73 Å². The Bertz CT molecular complexity index is 499. The molecule has 0 aliphatic rings. The number of aryl methyl sites for hydroxylation is 1. The largest absolute Gasteiger partial charge is 0.453 e. The van der Waals surface area contributed by atoms with Gasteiger partial charge in [0.2, 0.25) is 0 Å². The Morgan fingerprint density at radius 2 is 1.85 bits per heavy atom. The number of nitrogen functional groups attached to an aromatic ring is 1. The number of benzene rings is 1. The minimum Gasteiger partial charge on any atom is -0.453 e. The van der Waals surface area contributed by atoms with Crippen LogP contribution < -0.4 is 16.8 Å². The molecule has 7 nitrogen and oxygen atoms in total. The normalized spacial score (nSPS) is 11.4. The topological polar surface area (TPSA) is 125 Å². The highest BCUT2D eigenvalue weighted by molar-refractivity contribution is 5.96. The maximum absolute atomic E-state index is 11.5. The van der Waals surface area contributed by atoms with Crippen LogP contribution in [-0.4, -0.2) is 24.0 Å². The number of nitrogens with two attached hydrogens (primary N) is 2. The van der Waals surface area contributed by atoms with Crippen LogP contribution in [-0.2, 0) is 20.7 Å². The average Bonchev–Trinajstić information content (AvgIpc) is 2.37. The molecule has 0 radical (unpaired) electrons. The lowest BCUT2D eigenvalue weighted by molar-refractivity contribution is -0.154. The molecule has 3 amide bonds. The van der Waals surface area contributed by atoms with Crippen molar-refractivity contribution in [1.82, 2.24) is 5.32 Å². The van der Waals surface area contributed by atoms with Gasteiger partial charge in [0.15, 0.2) is 6.10 Å². The molecule has 5 N–H and O–H groups in total. The van der Waals surface area contributed by atoms with Gasteiger partial charge in [-0.15, -0.1) is 0 Å². The van der Waals surface area contributed by atoms with Crippen molar-refractivity contribution in [2.45, 2.75) is 25.9 Å². The van der Waals surface area contributed by atoms with Crippen LogP contribution in [0.5, 0.6) is 0 Å². The first-order valence-corrected chi connectivity index (χ1v) is 6.02. The minimum atomic E-state index is -1.07. The maximum atomic E-state index is 11.5. The second kappa shape index (κ2) is 7.13. The Hall–Kier alpha value is -2.57. The van der Waals surface area contributed by atoms with Gasteiger partial charge in [-0.1, -0.05) is 12.1 Å². The van der Waals surface area contributed by atoms with Crippen LogP contribution in [0.1, 0.15) is 18.9 Å². The van der Waals surface area contributed by atoms with Crippen LogP contribution >= 0.6 is 0 Å². The van der Waals surface area contributed by atoms with E-state index in [0.717, 1.165) is 5.56 Å². The van der Waals surface area contributed by atoms with Gasteiger partial charge in [0.05, 0.1) is 0 Å². The number of imide groups is 1. The number of carbonyl (C=O) groups is 3. The molecule has 0 saturated heterocycles. The number of hydrogen-bond acceptors (Lipinski definition) is 5. The Labute approximate surface area is 116 Å². The van der Waals surface area contributed by atoms with E-state index < -0.39 is 24.0 Å². The molecule has 0 bridgehead atoms. The number of urea groups is 1. The molecular weight excluding hydrogens is 262 g/mol. The first-order valence-electron chi connectivity index (χ1n) is 6.02. The number of esters is 1. The van der Waals surface area contributed by atoms with E-state index in [1.165, 1.54) is 6.92 Å². The van der Waals surface area contributed by atoms with Crippen molar-refractivity contribution >= 4 is 23.6 Å². The number of rotatable bonds is 5. The summed E-state index contributed by atoms with van der Waals surface area (Å²) in [6.07, 6.45) is -0.470. The van der Waals surface area contributed by atoms with E-state index in [2.05, 4.69) is 0 Å². The van der Waals surface area contributed by atoms with Crippen LogP contribution in [0.2, 0.25) is 0 Å². The van der Waals surface area contributed by atoms with Crippen molar-refractivity contribution in [3.05, 3.63) is 29.8 Å². The second-order valence-corrected chi connectivity index (χ2v) is 4.23. The number of ether oxygens (including phenoxy) is 1. The molecule has 7 heteroatoms. The summed E-state index contributed by atoms with van der Waals surface area (Å²) >= 11 is 0. The fourth-order valence-corrected chi connectivity index (χ4v) is 1.46. The number of anilines is 1. The number of amides is 3. The summed E-state index contributed by atoms with van der Waals surface area (Å²) in [5.74, 6) is -1.28. The monoisotopic (exact) mass is 279 g/mol. The molecule has 0 heterocycles. The zero-order valence-electron chi connectivity index (χ0n) is 11.1. The van der Waals surface area contributed by atoms with Gasteiger partial charge in [0, 0.05) is 12.1 Å². The maximum Gasteiger partial charge on any atom is 0.318 e. The molecule has 0 aromatic heterocycles. The molecule has 1 aromatic rings. The molecule has 0 aliphatic carbocycles. The molecule has 0 spiro atoms. The SMILES string of the molecule is CC(OC(=O)CCc1ccc(N)cc1)C(=O)NC(N)=O. The summed E-state index contributed by atoms with van der Waals surface area (Å²) in [5, 5.41) is 1.84. The van der Waals surface area contributed by atoms with Gasteiger partial charge < -0.3 is 16.2 Å². The van der Waals surface area contributed by atoms with Crippen molar-refractivity contribution in [2.75, 3.05) is 5.73 Å². The van der Waals surface area contributed by atoms with Crippen LogP contribution in [0.3, 0.4) is 0 Å². The molecule has 0 saturated carbocycles. The lowest BCUT2D eigenvalue weighted by Crippen LogP contribution is -2.42. The van der Waals surface area contributed by atoms with Gasteiger partial charge in [0.1, 0.15) is 0 Å². The number of hydrogen-bond donors (Lipinski definition) is 3. The van der Waals surface area contributed by atoms with E-state index >= 15 is 0 Å². The van der Waals surface area contributed by atoms with Crippen LogP contribution in [0.25, 0.3) is 0 Å². The van der Waals surface area contributed by atoms with Gasteiger partial charge in [-0.2, -0.15) is 0 Å². The van der Waals surface area contributed by atoms with E-state index in [9.17, 15) is 14.4 Å². The summed E-state index contributed by atoms with van der Waals surface area (Å²) in [6, 6.07) is 6.12. The highest BCUT2D eigenvalue weighted by Crippen LogP contribution is 2.08. The quantitative estimate of drug-likeness (QED) is 0.529. The molecule has 1 atom stereocenters. The summed E-state index contributed by atoms with van der Waals surface area (Å²) in [7, 11) is 0. The van der Waals surface area contributed by atoms with Crippen LogP contribution in [0.4, 0.5) is 10.5 Å². The molecule has 20 heavy (non-hydrogen) atoms. The van der Waals surface area contributed by atoms with E-state index in [1.807, 2.05) is 17.4 Å². The Balaban J connectivity index is 2.38. The molecule has 108 valence electrons. The highest BCUT2D eigenvalue weighted by Gasteiger charge is 2.18. The fraction of sp³-hybridized carbons (Fsp3) is 0.308. The number of carbonyl (C=O) groups excluding carboxylic acids is 3. The highest BCUT2D eigenvalue weighted by atomic mass is 16.5. The Morgan fingerprint density at radius 1 is 1.25 bits per heavy atom. The molecule has 1 rings (SSSR count). The Kier molecular flexibility index (Phi) is 5.52. The van der Waals surface area contributed by atoms with Crippen LogP contribution in [0.15, 0.2) is 24.3 Å². The zero-order valence-corrected chi connectivity index (χ0v) is 11.1. The second-order valence-electron chi connectivity index (χ2n) is 4.23. The van der Waals surface area contributed by atoms with E-state index in [-0.39, 0.29) is 6.42 Å². The van der Waals surface area contributed by atoms with Crippen molar-refractivity contribution in [3.63, 3.8) is 0 Å².